The van der Waals surface area contributed by atoms with Gasteiger partial charge in [0.05, 0.1) is 5.52 Å². The van der Waals surface area contributed by atoms with Crippen molar-refractivity contribution in [3.63, 3.8) is 0 Å². The molecule has 3 aromatic carbocycles. The predicted octanol–water partition coefficient (Wildman–Crippen LogP) is 6.01. The van der Waals surface area contributed by atoms with E-state index >= 15 is 0 Å². The summed E-state index contributed by atoms with van der Waals surface area (Å²) in [6.07, 6.45) is 7.62. The van der Waals surface area contributed by atoms with Crippen LogP contribution in [0.25, 0.3) is 10.9 Å². The summed E-state index contributed by atoms with van der Waals surface area (Å²) < 4.78 is 0. The molecule has 4 N–H and O–H groups in total. The summed E-state index contributed by atoms with van der Waals surface area (Å²) >= 11 is 0. The number of fused-ring (bicyclic) bond motifs is 1. The fourth-order valence-corrected chi connectivity index (χ4v) is 6.17. The number of unbranched alkanes of at least 4 members (excludes halogenated alkanes) is 1. The summed E-state index contributed by atoms with van der Waals surface area (Å²) in [6.45, 7) is 3.62. The van der Waals surface area contributed by atoms with Gasteiger partial charge in [0, 0.05) is 50.2 Å². The third-order valence-corrected chi connectivity index (χ3v) is 8.71. The van der Waals surface area contributed by atoms with E-state index in [1.54, 1.807) is 0 Å². The highest BCUT2D eigenvalue weighted by Crippen LogP contribution is 2.28. The van der Waals surface area contributed by atoms with Crippen molar-refractivity contribution in [3.05, 3.63) is 96.1 Å². The van der Waals surface area contributed by atoms with E-state index in [1.807, 2.05) is 62.6 Å². The minimum atomic E-state index is 0.00418. The van der Waals surface area contributed by atoms with Gasteiger partial charge in [0.1, 0.15) is 5.82 Å². The average molecular weight is 608 g/mol. The van der Waals surface area contributed by atoms with Crippen LogP contribution >= 0.6 is 0 Å². The average Bonchev–Trinajstić information content (AvgIpc) is 3.07. The van der Waals surface area contributed by atoms with E-state index in [0.717, 1.165) is 87.8 Å². The van der Waals surface area contributed by atoms with Crippen LogP contribution in [-0.2, 0) is 6.54 Å². The van der Waals surface area contributed by atoms with E-state index in [2.05, 4.69) is 62.6 Å². The van der Waals surface area contributed by atoms with Crippen molar-refractivity contribution in [2.24, 2.45) is 5.92 Å². The Hall–Kier alpha value is -4.01. The van der Waals surface area contributed by atoms with Gasteiger partial charge in [0.25, 0.3) is 5.91 Å². The molecule has 1 aliphatic rings. The zero-order valence-electron chi connectivity index (χ0n) is 26.8. The molecule has 0 bridgehead atoms. The van der Waals surface area contributed by atoms with Crippen LogP contribution in [0.1, 0.15) is 60.9 Å². The number of nitrogens with one attached hydrogen (secondary N) is 4. The molecule has 0 saturated heterocycles. The molecule has 8 nitrogen and oxygen atoms in total. The number of hydrogen-bond acceptors (Lipinski definition) is 7. The van der Waals surface area contributed by atoms with Gasteiger partial charge in [0.2, 0.25) is 5.95 Å². The number of amides is 1. The zero-order valence-corrected chi connectivity index (χ0v) is 26.8. The highest BCUT2D eigenvalue weighted by molar-refractivity contribution is 5.94. The van der Waals surface area contributed by atoms with E-state index in [-0.39, 0.29) is 11.9 Å². The van der Waals surface area contributed by atoms with Gasteiger partial charge in [-0.15, -0.1) is 0 Å². The molecule has 1 heterocycles. The van der Waals surface area contributed by atoms with Gasteiger partial charge in [-0.25, -0.2) is 4.98 Å². The Morgan fingerprint density at radius 3 is 2.31 bits per heavy atom. The van der Waals surface area contributed by atoms with Crippen molar-refractivity contribution >= 4 is 28.6 Å². The number of carbonyl (C=O) groups is 1. The SMILES string of the molecule is CN(C)c1nc(NC2CCC(CNCC(CCCCNCc3ccccc3)NC(=O)c3ccccc3)CC2)nc2ccccc12. The number of carbonyl (C=O) groups excluding carboxylic acids is 1. The molecule has 1 fully saturated rings. The van der Waals surface area contributed by atoms with E-state index in [9.17, 15) is 4.79 Å². The normalized spacial score (nSPS) is 17.1. The Labute approximate surface area is 268 Å². The minimum Gasteiger partial charge on any atom is -0.362 e. The standard InChI is InChI=1S/C37H49N7O/c1-44(2)35-33-18-9-10-19-34(33)42-37(43-35)41-31-22-20-29(21-23-31)26-39-27-32(40-36(45)30-15-7-4-8-16-30)17-11-12-24-38-25-28-13-5-3-6-14-28/h3-10,13-16,18-19,29,31-32,38-39H,11-12,17,20-27H2,1-2H3,(H,40,45)(H,41,42,43). The first kappa shape index (κ1) is 32.4. The molecule has 1 unspecified atom stereocenters. The summed E-state index contributed by atoms with van der Waals surface area (Å²) in [6, 6.07) is 28.7. The van der Waals surface area contributed by atoms with E-state index in [0.29, 0.717) is 23.5 Å². The first-order chi connectivity index (χ1) is 22.0. The van der Waals surface area contributed by atoms with Crippen LogP contribution in [-0.4, -0.2) is 61.7 Å². The van der Waals surface area contributed by atoms with Crippen molar-refractivity contribution in [3.8, 4) is 0 Å². The molecule has 1 aliphatic carbocycles. The summed E-state index contributed by atoms with van der Waals surface area (Å²) in [5.74, 6) is 2.29. The summed E-state index contributed by atoms with van der Waals surface area (Å²) in [5, 5.41) is 15.2. The lowest BCUT2D eigenvalue weighted by Crippen LogP contribution is -2.43. The molecule has 238 valence electrons. The second-order valence-corrected chi connectivity index (χ2v) is 12.5. The molecule has 4 aromatic rings. The van der Waals surface area contributed by atoms with Crippen LogP contribution in [0, 0.1) is 5.92 Å². The first-order valence-electron chi connectivity index (χ1n) is 16.6. The Kier molecular flexibility index (Phi) is 12.2. The maximum atomic E-state index is 13.0. The topological polar surface area (TPSA) is 94.2 Å². The van der Waals surface area contributed by atoms with Crippen LogP contribution < -0.4 is 26.2 Å². The van der Waals surface area contributed by atoms with E-state index in [4.69, 9.17) is 9.97 Å². The molecule has 0 radical (unpaired) electrons. The molecule has 1 saturated carbocycles. The fraction of sp³-hybridized carbons (Fsp3) is 0.432. The van der Waals surface area contributed by atoms with Crippen molar-refractivity contribution in [1.82, 2.24) is 25.9 Å². The van der Waals surface area contributed by atoms with Crippen LogP contribution in [0.5, 0.6) is 0 Å². The number of rotatable bonds is 16. The number of nitrogens with zero attached hydrogens (tertiary/aromatic N) is 3. The largest absolute Gasteiger partial charge is 0.362 e. The van der Waals surface area contributed by atoms with Crippen molar-refractivity contribution in [2.45, 2.75) is 63.6 Å². The fourth-order valence-electron chi connectivity index (χ4n) is 6.17. The Morgan fingerprint density at radius 2 is 1.56 bits per heavy atom. The molecule has 1 atom stereocenters. The van der Waals surface area contributed by atoms with Gasteiger partial charge >= 0.3 is 0 Å². The molecule has 8 heteroatoms. The van der Waals surface area contributed by atoms with Gasteiger partial charge in [-0.2, -0.15) is 4.98 Å². The highest BCUT2D eigenvalue weighted by atomic mass is 16.1. The number of para-hydroxylation sites is 1. The molecular weight excluding hydrogens is 558 g/mol. The lowest BCUT2D eigenvalue weighted by molar-refractivity contribution is 0.0933. The Balaban J connectivity index is 1.06. The molecule has 45 heavy (non-hydrogen) atoms. The Bertz CT molecular complexity index is 1460. The number of aromatic nitrogens is 2. The number of hydrogen-bond donors (Lipinski definition) is 4. The van der Waals surface area contributed by atoms with Crippen LogP contribution in [0.3, 0.4) is 0 Å². The third kappa shape index (κ3) is 9.99. The maximum absolute atomic E-state index is 13.0. The molecule has 0 aliphatic heterocycles. The van der Waals surface area contributed by atoms with Crippen molar-refractivity contribution < 1.29 is 4.79 Å². The van der Waals surface area contributed by atoms with E-state index < -0.39 is 0 Å². The third-order valence-electron chi connectivity index (χ3n) is 8.71. The van der Waals surface area contributed by atoms with Crippen molar-refractivity contribution in [1.29, 1.82) is 0 Å². The quantitative estimate of drug-likeness (QED) is 0.116. The predicted molar refractivity (Wildman–Crippen MR) is 186 cm³/mol. The van der Waals surface area contributed by atoms with E-state index in [1.165, 1.54) is 5.56 Å². The van der Waals surface area contributed by atoms with Gasteiger partial charge in [0.15, 0.2) is 0 Å². The smallest absolute Gasteiger partial charge is 0.251 e. The molecule has 5 rings (SSSR count). The molecule has 0 spiro atoms. The summed E-state index contributed by atoms with van der Waals surface area (Å²) in [4.78, 5) is 24.6. The maximum Gasteiger partial charge on any atom is 0.251 e. The first-order valence-corrected chi connectivity index (χ1v) is 16.6. The van der Waals surface area contributed by atoms with Crippen LogP contribution in [0.2, 0.25) is 0 Å². The van der Waals surface area contributed by atoms with Gasteiger partial charge in [-0.05, 0) is 87.4 Å². The zero-order chi connectivity index (χ0) is 31.3. The summed E-state index contributed by atoms with van der Waals surface area (Å²) in [7, 11) is 4.05. The minimum absolute atomic E-state index is 0.00418. The molecule has 1 aromatic heterocycles. The highest BCUT2D eigenvalue weighted by Gasteiger charge is 2.23. The van der Waals surface area contributed by atoms with Gasteiger partial charge in [-0.3, -0.25) is 4.79 Å². The van der Waals surface area contributed by atoms with Crippen LogP contribution in [0.15, 0.2) is 84.9 Å². The second-order valence-electron chi connectivity index (χ2n) is 12.5. The number of benzene rings is 3. The Morgan fingerprint density at radius 1 is 0.844 bits per heavy atom. The molecular formula is C37H49N7O. The lowest BCUT2D eigenvalue weighted by Gasteiger charge is -2.30. The second kappa shape index (κ2) is 16.9. The van der Waals surface area contributed by atoms with Crippen LogP contribution in [0.4, 0.5) is 11.8 Å². The van der Waals surface area contributed by atoms with Gasteiger partial charge in [-0.1, -0.05) is 67.1 Å². The van der Waals surface area contributed by atoms with Gasteiger partial charge < -0.3 is 26.2 Å². The summed E-state index contributed by atoms with van der Waals surface area (Å²) in [5.41, 5.74) is 2.99. The molecule has 1 amide bonds. The lowest BCUT2D eigenvalue weighted by atomic mass is 9.86. The van der Waals surface area contributed by atoms with Crippen molar-refractivity contribution in [2.75, 3.05) is 43.9 Å². The monoisotopic (exact) mass is 607 g/mol. The number of anilines is 2.